The molecule has 0 saturated carbocycles. The molecule has 1 saturated heterocycles. The summed E-state index contributed by atoms with van der Waals surface area (Å²) in [5.41, 5.74) is 2.09. The first-order chi connectivity index (χ1) is 6.83. The van der Waals surface area contributed by atoms with E-state index in [4.69, 9.17) is 0 Å². The van der Waals surface area contributed by atoms with E-state index >= 15 is 0 Å². The molecular formula is C10H11ClN2OS. The van der Waals surface area contributed by atoms with Crippen LogP contribution in [0.5, 0.6) is 0 Å². The zero-order valence-electron chi connectivity index (χ0n) is 7.95. The van der Waals surface area contributed by atoms with Crippen molar-refractivity contribution in [3.63, 3.8) is 0 Å². The molecule has 2 aliphatic rings. The highest BCUT2D eigenvalue weighted by Crippen LogP contribution is 2.47. The van der Waals surface area contributed by atoms with Gasteiger partial charge in [-0.15, -0.1) is 24.2 Å². The largest absolute Gasteiger partial charge is 0.324 e. The topological polar surface area (TPSA) is 41.1 Å². The lowest BCUT2D eigenvalue weighted by atomic mass is 10.00. The third-order valence-electron chi connectivity index (χ3n) is 2.77. The van der Waals surface area contributed by atoms with Gasteiger partial charge in [-0.25, -0.2) is 0 Å². The molecule has 1 spiro atoms. The normalized spacial score (nSPS) is 27.3. The van der Waals surface area contributed by atoms with Crippen molar-refractivity contribution in [2.75, 3.05) is 17.7 Å². The van der Waals surface area contributed by atoms with E-state index in [0.29, 0.717) is 0 Å². The fourth-order valence-electron chi connectivity index (χ4n) is 2.06. The van der Waals surface area contributed by atoms with E-state index in [1.165, 1.54) is 0 Å². The minimum Gasteiger partial charge on any atom is -0.324 e. The van der Waals surface area contributed by atoms with E-state index in [9.17, 15) is 4.79 Å². The summed E-state index contributed by atoms with van der Waals surface area (Å²) in [6.45, 7) is 0.737. The number of thioether (sulfide) groups is 1. The van der Waals surface area contributed by atoms with Crippen LogP contribution < -0.4 is 10.6 Å². The first-order valence-corrected chi connectivity index (χ1v) is 5.57. The van der Waals surface area contributed by atoms with E-state index in [0.717, 1.165) is 23.7 Å². The minimum absolute atomic E-state index is 0. The number of anilines is 1. The molecule has 5 heteroatoms. The van der Waals surface area contributed by atoms with Crippen LogP contribution in [-0.2, 0) is 9.54 Å². The third kappa shape index (κ3) is 1.36. The van der Waals surface area contributed by atoms with E-state index < -0.39 is 0 Å². The molecule has 1 aromatic rings. The van der Waals surface area contributed by atoms with Crippen molar-refractivity contribution in [2.24, 2.45) is 0 Å². The Kier molecular flexibility index (Phi) is 2.66. The standard InChI is InChI=1S/C10H10N2OS.ClH/c13-9-10(5-11-6-14-10)7-3-1-2-4-8(7)12-9;/h1-4,11H,5-6H2,(H,12,13);1H. The number of hydrogen-bond acceptors (Lipinski definition) is 3. The molecule has 15 heavy (non-hydrogen) atoms. The van der Waals surface area contributed by atoms with Crippen molar-refractivity contribution in [1.82, 2.24) is 5.32 Å². The maximum absolute atomic E-state index is 11.9. The van der Waals surface area contributed by atoms with E-state index in [1.54, 1.807) is 11.8 Å². The van der Waals surface area contributed by atoms with Crippen molar-refractivity contribution in [1.29, 1.82) is 0 Å². The molecule has 0 aliphatic carbocycles. The lowest BCUT2D eigenvalue weighted by Gasteiger charge is -2.18. The lowest BCUT2D eigenvalue weighted by molar-refractivity contribution is -0.117. The maximum Gasteiger partial charge on any atom is 0.246 e. The molecule has 1 fully saturated rings. The van der Waals surface area contributed by atoms with Gasteiger partial charge >= 0.3 is 0 Å². The molecule has 3 rings (SSSR count). The van der Waals surface area contributed by atoms with Crippen LogP contribution in [-0.4, -0.2) is 18.3 Å². The second kappa shape index (κ2) is 3.70. The summed E-state index contributed by atoms with van der Waals surface area (Å²) in [4.78, 5) is 11.9. The lowest BCUT2D eigenvalue weighted by Crippen LogP contribution is -2.34. The van der Waals surface area contributed by atoms with Crippen LogP contribution in [0.3, 0.4) is 0 Å². The fourth-order valence-corrected chi connectivity index (χ4v) is 3.23. The fraction of sp³-hybridized carbons (Fsp3) is 0.300. The molecule has 3 nitrogen and oxygen atoms in total. The molecule has 1 unspecified atom stereocenters. The Labute approximate surface area is 98.4 Å². The molecule has 1 aromatic carbocycles. The monoisotopic (exact) mass is 242 g/mol. The van der Waals surface area contributed by atoms with Crippen molar-refractivity contribution >= 4 is 35.8 Å². The van der Waals surface area contributed by atoms with Crippen LogP contribution in [0.25, 0.3) is 0 Å². The Bertz CT molecular complexity index is 404. The quantitative estimate of drug-likeness (QED) is 0.725. The number of nitrogens with one attached hydrogen (secondary N) is 2. The molecular weight excluding hydrogens is 232 g/mol. The number of benzene rings is 1. The molecule has 1 atom stereocenters. The summed E-state index contributed by atoms with van der Waals surface area (Å²) >= 11 is 1.68. The van der Waals surface area contributed by atoms with Gasteiger partial charge in [0.05, 0.1) is 0 Å². The summed E-state index contributed by atoms with van der Waals surface area (Å²) in [7, 11) is 0. The highest BCUT2D eigenvalue weighted by Gasteiger charge is 2.49. The molecule has 80 valence electrons. The Morgan fingerprint density at radius 1 is 1.33 bits per heavy atom. The number of para-hydroxylation sites is 1. The second-order valence-electron chi connectivity index (χ2n) is 3.54. The zero-order valence-corrected chi connectivity index (χ0v) is 9.58. The molecule has 2 heterocycles. The Hall–Kier alpha value is -0.710. The van der Waals surface area contributed by atoms with Crippen molar-refractivity contribution < 1.29 is 4.79 Å². The summed E-state index contributed by atoms with van der Waals surface area (Å²) in [6, 6.07) is 7.93. The van der Waals surface area contributed by atoms with Crippen LogP contribution in [0.4, 0.5) is 5.69 Å². The third-order valence-corrected chi connectivity index (χ3v) is 4.16. The van der Waals surface area contributed by atoms with Gasteiger partial charge in [0.25, 0.3) is 0 Å². The molecule has 0 aromatic heterocycles. The van der Waals surface area contributed by atoms with Crippen molar-refractivity contribution in [2.45, 2.75) is 4.75 Å². The molecule has 2 N–H and O–H groups in total. The summed E-state index contributed by atoms with van der Waals surface area (Å²) in [6.07, 6.45) is 0. The van der Waals surface area contributed by atoms with Crippen LogP contribution in [0.2, 0.25) is 0 Å². The van der Waals surface area contributed by atoms with Gasteiger partial charge < -0.3 is 10.6 Å². The summed E-state index contributed by atoms with van der Waals surface area (Å²) in [5, 5.41) is 6.16. The molecule has 1 amide bonds. The van der Waals surface area contributed by atoms with Crippen LogP contribution in [0, 0.1) is 0 Å². The van der Waals surface area contributed by atoms with E-state index in [1.807, 2.05) is 24.3 Å². The number of halogens is 1. The average Bonchev–Trinajstić information content (AvgIpc) is 2.77. The highest BCUT2D eigenvalue weighted by atomic mass is 35.5. The SMILES string of the molecule is Cl.O=C1Nc2ccccc2C12CNCS2. The van der Waals surface area contributed by atoms with Gasteiger partial charge in [0.2, 0.25) is 5.91 Å². The maximum atomic E-state index is 11.9. The highest BCUT2D eigenvalue weighted by molar-refractivity contribution is 8.01. The average molecular weight is 243 g/mol. The predicted octanol–water partition coefficient (Wildman–Crippen LogP) is 1.55. The number of carbonyl (C=O) groups excluding carboxylic acids is 1. The van der Waals surface area contributed by atoms with Gasteiger partial charge in [0.15, 0.2) is 0 Å². The smallest absolute Gasteiger partial charge is 0.246 e. The van der Waals surface area contributed by atoms with Gasteiger partial charge in [0, 0.05) is 23.7 Å². The van der Waals surface area contributed by atoms with Gasteiger partial charge in [-0.05, 0) is 6.07 Å². The first-order valence-electron chi connectivity index (χ1n) is 4.58. The minimum atomic E-state index is -0.364. The Morgan fingerprint density at radius 2 is 2.13 bits per heavy atom. The van der Waals surface area contributed by atoms with Crippen LogP contribution >= 0.6 is 24.2 Å². The predicted molar refractivity (Wildman–Crippen MR) is 64.5 cm³/mol. The zero-order chi connectivity index (χ0) is 9.60. The summed E-state index contributed by atoms with van der Waals surface area (Å²) < 4.78 is -0.364. The molecule has 2 aliphatic heterocycles. The number of rotatable bonds is 0. The number of carbonyl (C=O) groups is 1. The van der Waals surface area contributed by atoms with Crippen LogP contribution in [0.15, 0.2) is 24.3 Å². The second-order valence-corrected chi connectivity index (χ2v) is 4.82. The number of hydrogen-bond donors (Lipinski definition) is 2. The van der Waals surface area contributed by atoms with Gasteiger partial charge in [-0.2, -0.15) is 0 Å². The van der Waals surface area contributed by atoms with Crippen molar-refractivity contribution in [3.05, 3.63) is 29.8 Å². The number of amides is 1. The molecule has 0 bridgehead atoms. The van der Waals surface area contributed by atoms with Gasteiger partial charge in [-0.1, -0.05) is 18.2 Å². The number of fused-ring (bicyclic) bond motifs is 2. The Morgan fingerprint density at radius 3 is 2.87 bits per heavy atom. The Balaban J connectivity index is 0.000000853. The van der Waals surface area contributed by atoms with E-state index in [2.05, 4.69) is 10.6 Å². The summed E-state index contributed by atoms with van der Waals surface area (Å²) in [5.74, 6) is 0.968. The van der Waals surface area contributed by atoms with E-state index in [-0.39, 0.29) is 23.1 Å². The van der Waals surface area contributed by atoms with Gasteiger partial charge in [-0.3, -0.25) is 4.79 Å². The van der Waals surface area contributed by atoms with Gasteiger partial charge in [0.1, 0.15) is 4.75 Å². The van der Waals surface area contributed by atoms with Crippen molar-refractivity contribution in [3.8, 4) is 0 Å². The van der Waals surface area contributed by atoms with Crippen LogP contribution in [0.1, 0.15) is 5.56 Å². The molecule has 0 radical (unpaired) electrons. The first kappa shape index (κ1) is 10.8.